The summed E-state index contributed by atoms with van der Waals surface area (Å²) in [5.74, 6) is 1.77. The molecule has 0 aromatic heterocycles. The summed E-state index contributed by atoms with van der Waals surface area (Å²) in [6.45, 7) is 3.91. The van der Waals surface area contributed by atoms with Crippen molar-refractivity contribution in [2.75, 3.05) is 34.9 Å². The normalized spacial score (nSPS) is 22.5. The second kappa shape index (κ2) is 6.13. The van der Waals surface area contributed by atoms with E-state index in [1.165, 1.54) is 4.90 Å². The Hall–Kier alpha value is -2.44. The molecule has 2 aliphatic heterocycles. The van der Waals surface area contributed by atoms with Gasteiger partial charge >= 0.3 is 0 Å². The number of hydrogen-bond acceptors (Lipinski definition) is 5. The van der Waals surface area contributed by atoms with Crippen molar-refractivity contribution in [2.45, 2.75) is 32.4 Å². The number of nitrogens with zero attached hydrogens (tertiary/aromatic N) is 2. The zero-order valence-corrected chi connectivity index (χ0v) is 15.5. The summed E-state index contributed by atoms with van der Waals surface area (Å²) in [4.78, 5) is 28.4. The third-order valence-electron chi connectivity index (χ3n) is 5.23. The van der Waals surface area contributed by atoms with Gasteiger partial charge in [-0.2, -0.15) is 0 Å². The van der Waals surface area contributed by atoms with Crippen molar-refractivity contribution in [3.63, 3.8) is 0 Å². The second-order valence-electron chi connectivity index (χ2n) is 6.51. The van der Waals surface area contributed by atoms with Gasteiger partial charge in [0.2, 0.25) is 11.8 Å². The van der Waals surface area contributed by atoms with Crippen LogP contribution in [0.4, 0.5) is 0 Å². The van der Waals surface area contributed by atoms with Crippen molar-refractivity contribution < 1.29 is 23.8 Å². The van der Waals surface area contributed by atoms with E-state index in [-0.39, 0.29) is 24.4 Å². The van der Waals surface area contributed by atoms with Gasteiger partial charge in [0.05, 0.1) is 33.9 Å². The van der Waals surface area contributed by atoms with E-state index in [0.717, 1.165) is 16.7 Å². The minimum absolute atomic E-state index is 0.0495. The van der Waals surface area contributed by atoms with Crippen LogP contribution in [0, 0.1) is 6.92 Å². The molecule has 0 spiro atoms. The number of benzene rings is 1. The number of piperazine rings is 1. The third-order valence-corrected chi connectivity index (χ3v) is 5.23. The maximum absolute atomic E-state index is 12.7. The smallest absolute Gasteiger partial charge is 0.245 e. The van der Waals surface area contributed by atoms with Crippen molar-refractivity contribution in [1.82, 2.24) is 9.80 Å². The van der Waals surface area contributed by atoms with Crippen LogP contribution in [0.1, 0.15) is 29.7 Å². The summed E-state index contributed by atoms with van der Waals surface area (Å²) in [5.41, 5.74) is 2.58. The summed E-state index contributed by atoms with van der Waals surface area (Å²) < 4.78 is 16.8. The molecule has 0 bridgehead atoms. The summed E-state index contributed by atoms with van der Waals surface area (Å²) >= 11 is 0. The van der Waals surface area contributed by atoms with E-state index in [1.807, 2.05) is 13.8 Å². The number of methoxy groups -OCH3 is 3. The zero-order valence-electron chi connectivity index (χ0n) is 15.5. The lowest BCUT2D eigenvalue weighted by Crippen LogP contribution is -2.61. The van der Waals surface area contributed by atoms with E-state index in [1.54, 1.807) is 33.3 Å². The number of fused-ring (bicyclic) bond motifs is 2. The van der Waals surface area contributed by atoms with Crippen molar-refractivity contribution in [2.24, 2.45) is 0 Å². The highest BCUT2D eigenvalue weighted by Gasteiger charge is 2.47. The van der Waals surface area contributed by atoms with Gasteiger partial charge in [0.1, 0.15) is 11.8 Å². The highest BCUT2D eigenvalue weighted by Crippen LogP contribution is 2.50. The topological polar surface area (TPSA) is 68.3 Å². The van der Waals surface area contributed by atoms with Crippen LogP contribution in [0.3, 0.4) is 0 Å². The molecule has 0 radical (unpaired) electrons. The van der Waals surface area contributed by atoms with E-state index in [0.29, 0.717) is 23.7 Å². The molecule has 2 heterocycles. The number of carbonyl (C=O) groups is 2. The summed E-state index contributed by atoms with van der Waals surface area (Å²) in [7, 11) is 6.43. The summed E-state index contributed by atoms with van der Waals surface area (Å²) in [5, 5.41) is 0. The molecule has 1 fully saturated rings. The largest absolute Gasteiger partial charge is 0.496 e. The van der Waals surface area contributed by atoms with Crippen LogP contribution >= 0.6 is 0 Å². The lowest BCUT2D eigenvalue weighted by atomic mass is 9.84. The van der Waals surface area contributed by atoms with Gasteiger partial charge in [0.25, 0.3) is 0 Å². The van der Waals surface area contributed by atoms with E-state index >= 15 is 0 Å². The number of amides is 2. The monoisotopic (exact) mass is 348 g/mol. The molecule has 1 saturated heterocycles. The first-order valence-electron chi connectivity index (χ1n) is 8.24. The predicted octanol–water partition coefficient (Wildman–Crippen LogP) is 1.31. The van der Waals surface area contributed by atoms with Crippen LogP contribution < -0.4 is 14.2 Å². The van der Waals surface area contributed by atoms with Gasteiger partial charge in [-0.25, -0.2) is 0 Å². The van der Waals surface area contributed by atoms with Crippen LogP contribution in [0.2, 0.25) is 0 Å². The molecular weight excluding hydrogens is 324 g/mol. The zero-order chi connectivity index (χ0) is 18.5. The Balaban J connectivity index is 2.27. The molecule has 1 aromatic rings. The van der Waals surface area contributed by atoms with Gasteiger partial charge in [0, 0.05) is 30.2 Å². The highest BCUT2D eigenvalue weighted by molar-refractivity contribution is 5.96. The Kier molecular flexibility index (Phi) is 4.26. The van der Waals surface area contributed by atoms with Gasteiger partial charge in [-0.15, -0.1) is 0 Å². The highest BCUT2D eigenvalue weighted by atomic mass is 16.5. The van der Waals surface area contributed by atoms with Gasteiger partial charge in [-0.05, 0) is 13.8 Å². The molecule has 0 N–H and O–H groups in total. The molecule has 1 aromatic carbocycles. The van der Waals surface area contributed by atoms with Crippen LogP contribution in [-0.2, 0) is 16.0 Å². The SMILES string of the molecule is COc1c(C)c(OC)c(OC)c2c1C[C@H]1C(=O)N(C)CC(=O)N1[C@@H]2C. The van der Waals surface area contributed by atoms with Crippen molar-refractivity contribution in [3.8, 4) is 17.2 Å². The van der Waals surface area contributed by atoms with Crippen LogP contribution in [0.5, 0.6) is 17.2 Å². The standard InChI is InChI=1S/C18H24N2O5/c1-9-15(23-4)11-7-12-18(22)19(3)8-13(21)20(12)10(2)14(11)17(25-6)16(9)24-5/h10,12H,7-8H2,1-6H3/t10-,12+/m1/s1. The number of hydrogen-bond donors (Lipinski definition) is 0. The van der Waals surface area contributed by atoms with Crippen LogP contribution in [-0.4, -0.2) is 62.6 Å². The van der Waals surface area contributed by atoms with E-state index in [2.05, 4.69) is 0 Å². The molecule has 136 valence electrons. The van der Waals surface area contributed by atoms with E-state index < -0.39 is 6.04 Å². The molecule has 2 aliphatic rings. The Morgan fingerprint density at radius 3 is 2.16 bits per heavy atom. The van der Waals surface area contributed by atoms with Gasteiger partial charge < -0.3 is 24.0 Å². The fourth-order valence-electron chi connectivity index (χ4n) is 4.16. The first-order chi connectivity index (χ1) is 11.9. The molecule has 25 heavy (non-hydrogen) atoms. The third kappa shape index (κ3) is 2.33. The lowest BCUT2D eigenvalue weighted by molar-refractivity contribution is -0.157. The van der Waals surface area contributed by atoms with Gasteiger partial charge in [-0.3, -0.25) is 9.59 Å². The van der Waals surface area contributed by atoms with Crippen molar-refractivity contribution >= 4 is 11.8 Å². The van der Waals surface area contributed by atoms with Gasteiger partial charge in [-0.1, -0.05) is 0 Å². The Bertz CT molecular complexity index is 746. The quantitative estimate of drug-likeness (QED) is 0.824. The van der Waals surface area contributed by atoms with Crippen LogP contribution in [0.25, 0.3) is 0 Å². The minimum atomic E-state index is -0.514. The molecular formula is C18H24N2O5. The van der Waals surface area contributed by atoms with Gasteiger partial charge in [0.15, 0.2) is 11.5 Å². The second-order valence-corrected chi connectivity index (χ2v) is 6.51. The molecule has 2 amide bonds. The molecule has 7 nitrogen and oxygen atoms in total. The van der Waals surface area contributed by atoms with E-state index in [4.69, 9.17) is 14.2 Å². The molecule has 0 aliphatic carbocycles. The van der Waals surface area contributed by atoms with E-state index in [9.17, 15) is 9.59 Å². The average molecular weight is 348 g/mol. The average Bonchev–Trinajstić information content (AvgIpc) is 2.58. The Morgan fingerprint density at radius 1 is 1.00 bits per heavy atom. The number of carbonyl (C=O) groups excluding carboxylic acids is 2. The lowest BCUT2D eigenvalue weighted by Gasteiger charge is -2.46. The fourth-order valence-corrected chi connectivity index (χ4v) is 4.16. The first-order valence-corrected chi connectivity index (χ1v) is 8.24. The fraction of sp³-hybridized carbons (Fsp3) is 0.556. The predicted molar refractivity (Wildman–Crippen MR) is 91.2 cm³/mol. The minimum Gasteiger partial charge on any atom is -0.496 e. The Labute approximate surface area is 147 Å². The molecule has 0 unspecified atom stereocenters. The number of likely N-dealkylation sites (N-methyl/N-ethyl adjacent to an activating group) is 1. The van der Waals surface area contributed by atoms with Crippen molar-refractivity contribution in [1.29, 1.82) is 0 Å². The Morgan fingerprint density at radius 2 is 1.60 bits per heavy atom. The molecule has 0 saturated carbocycles. The maximum atomic E-state index is 12.7. The maximum Gasteiger partial charge on any atom is 0.245 e. The summed E-state index contributed by atoms with van der Waals surface area (Å²) in [6.07, 6.45) is 0.402. The number of ether oxygens (including phenoxy) is 3. The molecule has 2 atom stereocenters. The molecule has 7 heteroatoms. The molecule has 3 rings (SSSR count). The number of rotatable bonds is 3. The van der Waals surface area contributed by atoms with Crippen molar-refractivity contribution in [3.05, 3.63) is 16.7 Å². The van der Waals surface area contributed by atoms with Crippen LogP contribution in [0.15, 0.2) is 0 Å². The first kappa shape index (κ1) is 17.4. The summed E-state index contributed by atoms with van der Waals surface area (Å²) in [6, 6.07) is -0.822.